The molecule has 5 saturated carbocycles. The van der Waals surface area contributed by atoms with Crippen LogP contribution in [0.5, 0.6) is 5.88 Å². The van der Waals surface area contributed by atoms with Gasteiger partial charge in [-0.05, 0) is 111 Å². The Morgan fingerprint density at radius 3 is 2.18 bits per heavy atom. The first-order valence-corrected chi connectivity index (χ1v) is 13.7. The zero-order valence-electron chi connectivity index (χ0n) is 20.8. The fourth-order valence-corrected chi connectivity index (χ4v) is 9.39. The molecule has 34 heavy (non-hydrogen) atoms. The number of hydrogen-bond donors (Lipinski definition) is 0. The van der Waals surface area contributed by atoms with Crippen molar-refractivity contribution in [2.24, 2.45) is 48.0 Å². The lowest BCUT2D eigenvalue weighted by Crippen LogP contribution is -2.51. The Morgan fingerprint density at radius 1 is 0.941 bits per heavy atom. The molecule has 6 aliphatic rings. The molecule has 1 unspecified atom stereocenters. The quantitative estimate of drug-likeness (QED) is 0.622. The van der Waals surface area contributed by atoms with Gasteiger partial charge in [0.2, 0.25) is 5.88 Å². The van der Waals surface area contributed by atoms with E-state index in [0.29, 0.717) is 17.2 Å². The van der Waals surface area contributed by atoms with Crippen LogP contribution < -0.4 is 4.74 Å². The molecular formula is C28H39N5O. The summed E-state index contributed by atoms with van der Waals surface area (Å²) in [6, 6.07) is 3.95. The normalized spacial score (nSPS) is 38.5. The molecule has 4 bridgehead atoms. The lowest BCUT2D eigenvalue weighted by Gasteiger charge is -2.57. The van der Waals surface area contributed by atoms with E-state index in [-0.39, 0.29) is 0 Å². The second kappa shape index (κ2) is 8.04. The van der Waals surface area contributed by atoms with Crippen LogP contribution in [0.3, 0.4) is 0 Å². The van der Waals surface area contributed by atoms with Crippen molar-refractivity contribution in [3.63, 3.8) is 0 Å². The van der Waals surface area contributed by atoms with E-state index in [1.54, 1.807) is 38.5 Å². The summed E-state index contributed by atoms with van der Waals surface area (Å²) in [5, 5.41) is 13.0. The molecule has 6 heteroatoms. The van der Waals surface area contributed by atoms with E-state index in [0.717, 1.165) is 53.1 Å². The Bertz CT molecular complexity index is 977. The van der Waals surface area contributed by atoms with E-state index in [1.165, 1.54) is 32.5 Å². The fourth-order valence-electron chi connectivity index (χ4n) is 9.39. The predicted octanol–water partition coefficient (Wildman–Crippen LogP) is 4.74. The molecular weight excluding hydrogens is 422 g/mol. The van der Waals surface area contributed by atoms with Gasteiger partial charge in [-0.3, -0.25) is 4.68 Å². The van der Waals surface area contributed by atoms with Gasteiger partial charge in [-0.2, -0.15) is 5.10 Å². The predicted molar refractivity (Wildman–Crippen MR) is 131 cm³/mol. The average molecular weight is 462 g/mol. The zero-order chi connectivity index (χ0) is 22.9. The number of fused-ring (bicyclic) bond motifs is 1. The van der Waals surface area contributed by atoms with Crippen molar-refractivity contribution in [3.05, 3.63) is 23.9 Å². The summed E-state index contributed by atoms with van der Waals surface area (Å²) in [5.74, 6) is 6.27. The van der Waals surface area contributed by atoms with Crippen molar-refractivity contribution < 1.29 is 4.74 Å². The van der Waals surface area contributed by atoms with Crippen molar-refractivity contribution in [2.45, 2.75) is 58.3 Å². The van der Waals surface area contributed by atoms with E-state index >= 15 is 0 Å². The molecule has 6 fully saturated rings. The Balaban J connectivity index is 0.911. The van der Waals surface area contributed by atoms with Gasteiger partial charge in [-0.1, -0.05) is 0 Å². The molecule has 182 valence electrons. The van der Waals surface area contributed by atoms with Gasteiger partial charge < -0.3 is 9.64 Å². The highest BCUT2D eigenvalue weighted by Gasteiger charge is 2.52. The number of hydrogen-bond acceptors (Lipinski definition) is 5. The summed E-state index contributed by atoms with van der Waals surface area (Å²) in [4.78, 5) is 2.88. The van der Waals surface area contributed by atoms with Gasteiger partial charge in [-0.25, -0.2) is 0 Å². The van der Waals surface area contributed by atoms with Gasteiger partial charge in [0, 0.05) is 32.7 Å². The maximum absolute atomic E-state index is 6.10. The molecule has 1 saturated heterocycles. The SMILES string of the molecule is Cc1cnn(C)c1-c1ccc(OCC2C[C@@H]3CN(CC45CC6CC(CC(C6)C4)C5)C[C@@H]3C2)nn1. The monoisotopic (exact) mass is 461 g/mol. The Kier molecular flexibility index (Phi) is 5.05. The summed E-state index contributed by atoms with van der Waals surface area (Å²) in [5.41, 5.74) is 3.66. The van der Waals surface area contributed by atoms with Crippen LogP contribution in [-0.2, 0) is 7.05 Å². The molecule has 0 spiro atoms. The van der Waals surface area contributed by atoms with Gasteiger partial charge in [0.05, 0.1) is 18.5 Å². The summed E-state index contributed by atoms with van der Waals surface area (Å²) in [6.07, 6.45) is 13.8. The molecule has 0 N–H and O–H groups in total. The largest absolute Gasteiger partial charge is 0.476 e. The highest BCUT2D eigenvalue weighted by Crippen LogP contribution is 2.60. The summed E-state index contributed by atoms with van der Waals surface area (Å²) in [6.45, 7) is 6.90. The summed E-state index contributed by atoms with van der Waals surface area (Å²) in [7, 11) is 1.94. The molecule has 8 rings (SSSR count). The van der Waals surface area contributed by atoms with Crippen LogP contribution in [0, 0.1) is 47.8 Å². The maximum atomic E-state index is 6.10. The highest BCUT2D eigenvalue weighted by molar-refractivity contribution is 5.58. The molecule has 2 aromatic rings. The van der Waals surface area contributed by atoms with Gasteiger partial charge in [0.1, 0.15) is 5.69 Å². The van der Waals surface area contributed by atoms with Crippen LogP contribution in [0.4, 0.5) is 0 Å². The number of ether oxygens (including phenoxy) is 1. The molecule has 0 radical (unpaired) electrons. The molecule has 2 aromatic heterocycles. The molecule has 1 aliphatic heterocycles. The first-order chi connectivity index (χ1) is 16.5. The lowest BCUT2D eigenvalue weighted by atomic mass is 9.49. The summed E-state index contributed by atoms with van der Waals surface area (Å²) < 4.78 is 7.95. The highest BCUT2D eigenvalue weighted by atomic mass is 16.5. The van der Waals surface area contributed by atoms with E-state index in [1.807, 2.05) is 30.1 Å². The van der Waals surface area contributed by atoms with Crippen molar-refractivity contribution in [2.75, 3.05) is 26.2 Å². The van der Waals surface area contributed by atoms with Crippen molar-refractivity contribution in [1.82, 2.24) is 24.9 Å². The number of nitrogens with zero attached hydrogens (tertiary/aromatic N) is 5. The number of rotatable bonds is 6. The third kappa shape index (κ3) is 3.77. The second-order valence-electron chi connectivity index (χ2n) is 12.8. The minimum atomic E-state index is 0.643. The first-order valence-electron chi connectivity index (χ1n) is 13.7. The topological polar surface area (TPSA) is 56.1 Å². The Morgan fingerprint density at radius 2 is 1.62 bits per heavy atom. The Labute approximate surface area is 203 Å². The molecule has 3 atom stereocenters. The average Bonchev–Trinajstić information content (AvgIpc) is 3.44. The smallest absolute Gasteiger partial charge is 0.233 e. The van der Waals surface area contributed by atoms with E-state index in [4.69, 9.17) is 4.74 Å². The molecule has 3 heterocycles. The van der Waals surface area contributed by atoms with Crippen LogP contribution in [0.2, 0.25) is 0 Å². The van der Waals surface area contributed by atoms with Crippen molar-refractivity contribution in [3.8, 4) is 17.3 Å². The second-order valence-corrected chi connectivity index (χ2v) is 12.8. The summed E-state index contributed by atoms with van der Waals surface area (Å²) >= 11 is 0. The van der Waals surface area contributed by atoms with E-state index < -0.39 is 0 Å². The van der Waals surface area contributed by atoms with E-state index in [9.17, 15) is 0 Å². The van der Waals surface area contributed by atoms with Crippen LogP contribution in [0.25, 0.3) is 11.4 Å². The van der Waals surface area contributed by atoms with Gasteiger partial charge in [0.25, 0.3) is 0 Å². The van der Waals surface area contributed by atoms with Gasteiger partial charge >= 0.3 is 0 Å². The fraction of sp³-hybridized carbons (Fsp3) is 0.750. The zero-order valence-corrected chi connectivity index (χ0v) is 20.8. The molecule has 0 amide bonds. The lowest BCUT2D eigenvalue weighted by molar-refractivity contribution is -0.0674. The van der Waals surface area contributed by atoms with Crippen LogP contribution in [-0.4, -0.2) is 51.1 Å². The molecule has 0 aromatic carbocycles. The van der Waals surface area contributed by atoms with Gasteiger partial charge in [0.15, 0.2) is 0 Å². The number of likely N-dealkylation sites (tertiary alicyclic amines) is 1. The van der Waals surface area contributed by atoms with Crippen LogP contribution in [0.1, 0.15) is 56.9 Å². The van der Waals surface area contributed by atoms with Crippen LogP contribution in [0.15, 0.2) is 18.3 Å². The standard InChI is InChI=1S/C28H39N5O/c1-18-13-29-32(2)27(18)25-3-4-26(31-30-25)34-16-22-8-23-14-33(15-24(23)9-22)17-28-10-19-5-20(11-28)7-21(6-19)12-28/h3-4,13,19-24H,5-12,14-17H2,1-2H3/t19?,20?,21?,22?,23-,24+,28?. The first kappa shape index (κ1) is 21.3. The minimum Gasteiger partial charge on any atom is -0.476 e. The maximum Gasteiger partial charge on any atom is 0.233 e. The van der Waals surface area contributed by atoms with E-state index in [2.05, 4.69) is 27.1 Å². The third-order valence-corrected chi connectivity index (χ3v) is 10.1. The molecule has 5 aliphatic carbocycles. The number of aromatic nitrogens is 4. The van der Waals surface area contributed by atoms with Gasteiger partial charge in [-0.15, -0.1) is 10.2 Å². The Hall–Kier alpha value is -1.95. The number of aryl methyl sites for hydroxylation is 2. The molecule has 6 nitrogen and oxygen atoms in total. The van der Waals surface area contributed by atoms with Crippen molar-refractivity contribution in [1.29, 1.82) is 0 Å². The third-order valence-electron chi connectivity index (χ3n) is 10.1. The van der Waals surface area contributed by atoms with Crippen molar-refractivity contribution >= 4 is 0 Å². The van der Waals surface area contributed by atoms with Crippen LogP contribution >= 0.6 is 0 Å². The minimum absolute atomic E-state index is 0.643.